The summed E-state index contributed by atoms with van der Waals surface area (Å²) in [5.74, 6) is 1.09. The van der Waals surface area contributed by atoms with Gasteiger partial charge in [0.2, 0.25) is 0 Å². The minimum Gasteiger partial charge on any atom is -0.492 e. The van der Waals surface area contributed by atoms with E-state index < -0.39 is 0 Å². The van der Waals surface area contributed by atoms with Crippen LogP contribution in [0.4, 0.5) is 0 Å². The number of likely N-dealkylation sites (N-methyl/N-ethyl adjacent to an activating group) is 1. The summed E-state index contributed by atoms with van der Waals surface area (Å²) in [4.78, 5) is 2.48. The Labute approximate surface area is 159 Å². The van der Waals surface area contributed by atoms with Crippen molar-refractivity contribution >= 4 is 24.8 Å². The number of halogens is 2. The molecule has 2 heterocycles. The molecule has 0 unspecified atom stereocenters. The molecule has 2 aliphatic heterocycles. The number of fused-ring (bicyclic) bond motifs is 1. The Morgan fingerprint density at radius 1 is 1.04 bits per heavy atom. The number of aryl methyl sites for hydroxylation is 1. The fraction of sp³-hybridized carbons (Fsp3) is 0.684. The summed E-state index contributed by atoms with van der Waals surface area (Å²) in [7, 11) is 2.25. The van der Waals surface area contributed by atoms with Gasteiger partial charge >= 0.3 is 0 Å². The largest absolute Gasteiger partial charge is 0.492 e. The topological polar surface area (TPSA) is 24.5 Å². The van der Waals surface area contributed by atoms with Crippen molar-refractivity contribution in [3.05, 3.63) is 29.8 Å². The van der Waals surface area contributed by atoms with Gasteiger partial charge in [0, 0.05) is 13.1 Å². The van der Waals surface area contributed by atoms with Crippen LogP contribution in [-0.4, -0.2) is 44.7 Å². The van der Waals surface area contributed by atoms with E-state index in [4.69, 9.17) is 4.74 Å². The molecule has 138 valence electrons. The third-order valence-electron chi connectivity index (χ3n) is 5.38. The third-order valence-corrected chi connectivity index (χ3v) is 5.38. The van der Waals surface area contributed by atoms with Gasteiger partial charge in [-0.25, -0.2) is 0 Å². The van der Waals surface area contributed by atoms with Crippen LogP contribution in [-0.2, 0) is 6.42 Å². The Morgan fingerprint density at radius 3 is 2.58 bits per heavy atom. The number of para-hydroxylation sites is 1. The highest BCUT2D eigenvalue weighted by Gasteiger charge is 2.32. The van der Waals surface area contributed by atoms with Crippen LogP contribution in [0.5, 0.6) is 5.75 Å². The van der Waals surface area contributed by atoms with Crippen molar-refractivity contribution in [2.24, 2.45) is 5.41 Å². The highest BCUT2D eigenvalue weighted by molar-refractivity contribution is 5.85. The van der Waals surface area contributed by atoms with E-state index in [0.29, 0.717) is 5.41 Å². The number of piperidine rings is 1. The zero-order chi connectivity index (χ0) is 15.3. The number of nitrogens with one attached hydrogen (secondary N) is 1. The van der Waals surface area contributed by atoms with Gasteiger partial charge in [-0.15, -0.1) is 24.8 Å². The molecule has 3 rings (SSSR count). The second-order valence-electron chi connectivity index (χ2n) is 7.15. The van der Waals surface area contributed by atoms with Crippen molar-refractivity contribution in [3.8, 4) is 5.75 Å². The normalized spacial score (nSPS) is 21.9. The molecule has 0 aromatic heterocycles. The van der Waals surface area contributed by atoms with Gasteiger partial charge in [0.15, 0.2) is 0 Å². The predicted octanol–water partition coefficient (Wildman–Crippen LogP) is 3.94. The Kier molecular flexibility index (Phi) is 9.43. The minimum atomic E-state index is 0. The van der Waals surface area contributed by atoms with Crippen LogP contribution in [0.15, 0.2) is 24.3 Å². The first-order valence-corrected chi connectivity index (χ1v) is 8.87. The van der Waals surface area contributed by atoms with Crippen LogP contribution in [0.25, 0.3) is 0 Å². The zero-order valence-corrected chi connectivity index (χ0v) is 16.4. The molecule has 0 aliphatic carbocycles. The number of ether oxygens (including phenoxy) is 1. The quantitative estimate of drug-likeness (QED) is 0.744. The monoisotopic (exact) mass is 374 g/mol. The standard InChI is InChI=1S/C19H30N2O.2ClH/c1-21-14-15-22-18-8-3-2-6-17(18)7-4-5-9-19(16-21)10-12-20-13-11-19;;/h2-3,6,8,20H,4-5,7,9-16H2,1H3;2*1H. The molecule has 24 heavy (non-hydrogen) atoms. The highest BCUT2D eigenvalue weighted by Crippen LogP contribution is 2.36. The Balaban J connectivity index is 0.00000144. The molecule has 1 fully saturated rings. The van der Waals surface area contributed by atoms with Gasteiger partial charge < -0.3 is 15.0 Å². The Hall–Kier alpha value is -0.480. The summed E-state index contributed by atoms with van der Waals surface area (Å²) in [5.41, 5.74) is 1.91. The zero-order valence-electron chi connectivity index (χ0n) is 14.8. The van der Waals surface area contributed by atoms with E-state index in [0.717, 1.165) is 25.3 Å². The average Bonchev–Trinajstić information content (AvgIpc) is 2.53. The maximum Gasteiger partial charge on any atom is 0.122 e. The van der Waals surface area contributed by atoms with Crippen LogP contribution in [0.1, 0.15) is 37.7 Å². The fourth-order valence-electron chi connectivity index (χ4n) is 4.07. The van der Waals surface area contributed by atoms with Crippen molar-refractivity contribution in [3.63, 3.8) is 0 Å². The summed E-state index contributed by atoms with van der Waals surface area (Å²) in [6, 6.07) is 8.56. The molecule has 0 saturated carbocycles. The molecule has 1 N–H and O–H groups in total. The molecule has 2 aliphatic rings. The summed E-state index contributed by atoms with van der Waals surface area (Å²) in [5, 5.41) is 3.53. The summed E-state index contributed by atoms with van der Waals surface area (Å²) >= 11 is 0. The van der Waals surface area contributed by atoms with Gasteiger partial charge in [-0.1, -0.05) is 24.6 Å². The van der Waals surface area contributed by atoms with E-state index in [1.54, 1.807) is 0 Å². The molecule has 1 aromatic carbocycles. The summed E-state index contributed by atoms with van der Waals surface area (Å²) in [6.45, 7) is 5.41. The molecule has 0 atom stereocenters. The maximum atomic E-state index is 6.05. The first-order chi connectivity index (χ1) is 10.8. The van der Waals surface area contributed by atoms with E-state index in [2.05, 4.69) is 41.5 Å². The maximum absolute atomic E-state index is 6.05. The van der Waals surface area contributed by atoms with Crippen LogP contribution >= 0.6 is 24.8 Å². The molecule has 0 amide bonds. The molecule has 1 saturated heterocycles. The lowest BCUT2D eigenvalue weighted by Gasteiger charge is -2.41. The highest BCUT2D eigenvalue weighted by atomic mass is 35.5. The molecule has 1 spiro atoms. The molecule has 5 heteroatoms. The number of nitrogens with zero attached hydrogens (tertiary/aromatic N) is 1. The van der Waals surface area contributed by atoms with E-state index in [-0.39, 0.29) is 24.8 Å². The van der Waals surface area contributed by atoms with Crippen LogP contribution < -0.4 is 10.1 Å². The van der Waals surface area contributed by atoms with Crippen LogP contribution in [0.2, 0.25) is 0 Å². The second kappa shape index (κ2) is 10.5. The molecular weight excluding hydrogens is 343 g/mol. The van der Waals surface area contributed by atoms with Crippen molar-refractivity contribution in [1.82, 2.24) is 10.2 Å². The summed E-state index contributed by atoms with van der Waals surface area (Å²) < 4.78 is 6.05. The number of benzene rings is 1. The van der Waals surface area contributed by atoms with E-state index >= 15 is 0 Å². The first-order valence-electron chi connectivity index (χ1n) is 8.87. The SMILES string of the molecule is CN1CCOc2ccccc2CCCCC2(CCNCC2)C1.Cl.Cl. The van der Waals surface area contributed by atoms with Crippen LogP contribution in [0, 0.1) is 5.41 Å². The number of hydrogen-bond acceptors (Lipinski definition) is 3. The summed E-state index contributed by atoms with van der Waals surface area (Å²) in [6.07, 6.45) is 7.80. The smallest absolute Gasteiger partial charge is 0.122 e. The van der Waals surface area contributed by atoms with Gasteiger partial charge in [0.1, 0.15) is 12.4 Å². The van der Waals surface area contributed by atoms with Gasteiger partial charge in [-0.2, -0.15) is 0 Å². The van der Waals surface area contributed by atoms with Gasteiger partial charge in [0.25, 0.3) is 0 Å². The Morgan fingerprint density at radius 2 is 1.79 bits per heavy atom. The lowest BCUT2D eigenvalue weighted by atomic mass is 9.74. The van der Waals surface area contributed by atoms with E-state index in [1.165, 1.54) is 57.3 Å². The lowest BCUT2D eigenvalue weighted by Crippen LogP contribution is -2.44. The lowest BCUT2D eigenvalue weighted by molar-refractivity contribution is 0.103. The molecule has 0 bridgehead atoms. The third kappa shape index (κ3) is 5.80. The van der Waals surface area contributed by atoms with E-state index in [1.807, 2.05) is 0 Å². The number of hydrogen-bond donors (Lipinski definition) is 1. The first kappa shape index (κ1) is 21.6. The second-order valence-corrected chi connectivity index (χ2v) is 7.15. The van der Waals surface area contributed by atoms with Gasteiger partial charge in [-0.05, 0) is 69.3 Å². The average molecular weight is 375 g/mol. The molecule has 1 aromatic rings. The van der Waals surface area contributed by atoms with Crippen LogP contribution in [0.3, 0.4) is 0 Å². The molecular formula is C19H32Cl2N2O. The minimum absolute atomic E-state index is 0. The van der Waals surface area contributed by atoms with Gasteiger partial charge in [0.05, 0.1) is 0 Å². The number of rotatable bonds is 0. The predicted molar refractivity (Wildman–Crippen MR) is 106 cm³/mol. The van der Waals surface area contributed by atoms with Crippen molar-refractivity contribution in [2.45, 2.75) is 38.5 Å². The molecule has 3 nitrogen and oxygen atoms in total. The molecule has 0 radical (unpaired) electrons. The van der Waals surface area contributed by atoms with Crippen molar-refractivity contribution < 1.29 is 4.74 Å². The van der Waals surface area contributed by atoms with Crippen molar-refractivity contribution in [2.75, 3.05) is 39.8 Å². The van der Waals surface area contributed by atoms with Gasteiger partial charge in [-0.3, -0.25) is 0 Å². The fourth-order valence-corrected chi connectivity index (χ4v) is 4.07. The van der Waals surface area contributed by atoms with E-state index in [9.17, 15) is 0 Å². The van der Waals surface area contributed by atoms with Crippen molar-refractivity contribution in [1.29, 1.82) is 0 Å². The Bertz CT molecular complexity index is 478.